The second-order valence-electron chi connectivity index (χ2n) is 8.02. The Bertz CT molecular complexity index is 744. The summed E-state index contributed by atoms with van der Waals surface area (Å²) in [5.74, 6) is 0.226. The van der Waals surface area contributed by atoms with Crippen molar-refractivity contribution in [1.82, 2.24) is 14.7 Å². The number of likely N-dealkylation sites (tertiary alicyclic amines) is 3. The van der Waals surface area contributed by atoms with Crippen LogP contribution in [-0.4, -0.2) is 70.8 Å². The molecular weight excluding hydrogens is 360 g/mol. The van der Waals surface area contributed by atoms with Gasteiger partial charge in [0.25, 0.3) is 0 Å². The van der Waals surface area contributed by atoms with Crippen LogP contribution in [0, 0.1) is 17.2 Å². The van der Waals surface area contributed by atoms with Gasteiger partial charge in [-0.3, -0.25) is 14.5 Å². The lowest BCUT2D eigenvalue weighted by molar-refractivity contribution is -0.137. The first kappa shape index (κ1) is 18.5. The van der Waals surface area contributed by atoms with Crippen LogP contribution in [0.25, 0.3) is 0 Å². The number of carbonyl (C=O) groups excluding carboxylic acids is 2. The summed E-state index contributed by atoms with van der Waals surface area (Å²) in [5, 5.41) is 11.2. The Hall–Kier alpha value is -1.91. The first-order chi connectivity index (χ1) is 13.1. The third kappa shape index (κ3) is 3.61. The summed E-state index contributed by atoms with van der Waals surface area (Å²) in [6.07, 6.45) is 3.24. The first-order valence-corrected chi connectivity index (χ1v) is 10.7. The van der Waals surface area contributed by atoms with E-state index in [-0.39, 0.29) is 29.8 Å². The molecule has 1 aromatic rings. The largest absolute Gasteiger partial charge is 0.336 e. The Morgan fingerprint density at radius 2 is 2.19 bits per heavy atom. The van der Waals surface area contributed by atoms with Gasteiger partial charge in [-0.25, -0.2) is 0 Å². The van der Waals surface area contributed by atoms with Gasteiger partial charge < -0.3 is 9.80 Å². The van der Waals surface area contributed by atoms with Gasteiger partial charge in [-0.05, 0) is 30.7 Å². The molecular formula is C20H26N4O2S. The summed E-state index contributed by atoms with van der Waals surface area (Å²) in [6, 6.07) is 6.65. The summed E-state index contributed by atoms with van der Waals surface area (Å²) in [4.78, 5) is 32.6. The van der Waals surface area contributed by atoms with Gasteiger partial charge in [-0.1, -0.05) is 13.0 Å². The molecule has 0 aliphatic carbocycles. The molecule has 2 bridgehead atoms. The van der Waals surface area contributed by atoms with Crippen LogP contribution in [0.1, 0.15) is 31.1 Å². The van der Waals surface area contributed by atoms with Gasteiger partial charge in [-0.2, -0.15) is 5.26 Å². The van der Waals surface area contributed by atoms with E-state index >= 15 is 0 Å². The molecule has 27 heavy (non-hydrogen) atoms. The molecule has 4 atom stereocenters. The summed E-state index contributed by atoms with van der Waals surface area (Å²) in [6.45, 7) is 5.04. The van der Waals surface area contributed by atoms with Crippen LogP contribution < -0.4 is 0 Å². The SMILES string of the molecule is C[C@@H](CN1C[C@@H]2C[C@H]1CN2C(=O)Cc1cccs1)C(=O)N1CCC[C@H]1C#N. The smallest absolute Gasteiger partial charge is 0.228 e. The first-order valence-electron chi connectivity index (χ1n) is 9.83. The van der Waals surface area contributed by atoms with E-state index in [0.29, 0.717) is 19.0 Å². The summed E-state index contributed by atoms with van der Waals surface area (Å²) < 4.78 is 0. The Kier molecular flexibility index (Phi) is 5.20. The predicted molar refractivity (Wildman–Crippen MR) is 103 cm³/mol. The minimum atomic E-state index is -0.250. The molecule has 1 aromatic heterocycles. The zero-order valence-corrected chi connectivity index (χ0v) is 16.5. The van der Waals surface area contributed by atoms with Crippen molar-refractivity contribution < 1.29 is 9.59 Å². The average molecular weight is 387 g/mol. The van der Waals surface area contributed by atoms with Gasteiger partial charge in [0.2, 0.25) is 11.8 Å². The minimum absolute atomic E-state index is 0.103. The molecule has 7 heteroatoms. The minimum Gasteiger partial charge on any atom is -0.336 e. The molecule has 0 radical (unpaired) electrons. The molecule has 6 nitrogen and oxygen atoms in total. The van der Waals surface area contributed by atoms with Gasteiger partial charge in [-0.15, -0.1) is 11.3 Å². The number of nitriles is 1. The fourth-order valence-electron chi connectivity index (χ4n) is 4.82. The van der Waals surface area contributed by atoms with Crippen molar-refractivity contribution in [3.63, 3.8) is 0 Å². The number of carbonyl (C=O) groups is 2. The van der Waals surface area contributed by atoms with Crippen molar-refractivity contribution in [1.29, 1.82) is 5.26 Å². The zero-order valence-electron chi connectivity index (χ0n) is 15.7. The Labute approximate surface area is 164 Å². The van der Waals surface area contributed by atoms with Crippen molar-refractivity contribution in [3.8, 4) is 6.07 Å². The van der Waals surface area contributed by atoms with Crippen LogP contribution in [0.5, 0.6) is 0 Å². The fraction of sp³-hybridized carbons (Fsp3) is 0.650. The molecule has 0 aromatic carbocycles. The molecule has 2 amide bonds. The van der Waals surface area contributed by atoms with Crippen molar-refractivity contribution >= 4 is 23.2 Å². The molecule has 0 spiro atoms. The number of nitrogens with zero attached hydrogens (tertiary/aromatic N) is 4. The van der Waals surface area contributed by atoms with Gasteiger partial charge in [0, 0.05) is 49.1 Å². The highest BCUT2D eigenvalue weighted by molar-refractivity contribution is 7.10. The van der Waals surface area contributed by atoms with Crippen molar-refractivity contribution in [3.05, 3.63) is 22.4 Å². The van der Waals surface area contributed by atoms with E-state index in [1.54, 1.807) is 16.2 Å². The zero-order chi connectivity index (χ0) is 19.0. The van der Waals surface area contributed by atoms with E-state index in [0.717, 1.165) is 43.8 Å². The predicted octanol–water partition coefficient (Wildman–Crippen LogP) is 1.73. The number of amides is 2. The van der Waals surface area contributed by atoms with E-state index in [9.17, 15) is 14.9 Å². The number of fused-ring (bicyclic) bond motifs is 2. The second-order valence-corrected chi connectivity index (χ2v) is 9.05. The van der Waals surface area contributed by atoms with Crippen molar-refractivity contribution in [2.24, 2.45) is 5.92 Å². The molecule has 4 rings (SSSR count). The highest BCUT2D eigenvalue weighted by Gasteiger charge is 2.45. The van der Waals surface area contributed by atoms with E-state index in [2.05, 4.69) is 11.0 Å². The van der Waals surface area contributed by atoms with E-state index in [1.807, 2.05) is 29.3 Å². The topological polar surface area (TPSA) is 67.7 Å². The average Bonchev–Trinajstić information content (AvgIpc) is 3.43. The van der Waals surface area contributed by atoms with Crippen LogP contribution in [0.3, 0.4) is 0 Å². The van der Waals surface area contributed by atoms with Crippen LogP contribution >= 0.6 is 11.3 Å². The Morgan fingerprint density at radius 3 is 2.85 bits per heavy atom. The molecule has 3 fully saturated rings. The van der Waals surface area contributed by atoms with E-state index < -0.39 is 0 Å². The highest BCUT2D eigenvalue weighted by atomic mass is 32.1. The molecule has 3 saturated heterocycles. The lowest BCUT2D eigenvalue weighted by Crippen LogP contribution is -2.51. The normalized spacial score (nSPS) is 28.5. The lowest BCUT2D eigenvalue weighted by atomic mass is 10.1. The van der Waals surface area contributed by atoms with Crippen molar-refractivity contribution in [2.75, 3.05) is 26.2 Å². The maximum atomic E-state index is 12.7. The van der Waals surface area contributed by atoms with Gasteiger partial charge in [0.15, 0.2) is 0 Å². The monoisotopic (exact) mass is 386 g/mol. The fourth-order valence-corrected chi connectivity index (χ4v) is 5.52. The Balaban J connectivity index is 1.30. The van der Waals surface area contributed by atoms with Gasteiger partial charge in [0.1, 0.15) is 6.04 Å². The molecule has 144 valence electrons. The third-order valence-corrected chi connectivity index (χ3v) is 7.07. The molecule has 3 aliphatic rings. The summed E-state index contributed by atoms with van der Waals surface area (Å²) >= 11 is 1.63. The van der Waals surface area contributed by atoms with E-state index in [1.165, 1.54) is 0 Å². The number of hydrogen-bond donors (Lipinski definition) is 0. The van der Waals surface area contributed by atoms with Crippen LogP contribution in [0.15, 0.2) is 17.5 Å². The standard InChI is InChI=1S/C20H26N4O2S/c1-14(20(26)23-6-2-4-15(23)10-21)11-22-12-17-8-16(22)13-24(17)19(25)9-18-5-3-7-27-18/h3,5,7,14-17H,2,4,6,8-9,11-13H2,1H3/t14-,15-,16-,17-/m0/s1. The number of piperazine rings is 1. The van der Waals surface area contributed by atoms with Crippen LogP contribution in [0.2, 0.25) is 0 Å². The molecule has 4 heterocycles. The van der Waals surface area contributed by atoms with E-state index in [4.69, 9.17) is 0 Å². The number of thiophene rings is 1. The number of rotatable bonds is 5. The lowest BCUT2D eigenvalue weighted by Gasteiger charge is -2.36. The quantitative estimate of drug-likeness (QED) is 0.773. The van der Waals surface area contributed by atoms with Gasteiger partial charge in [0.05, 0.1) is 12.5 Å². The molecule has 3 aliphatic heterocycles. The maximum Gasteiger partial charge on any atom is 0.228 e. The van der Waals surface area contributed by atoms with Gasteiger partial charge >= 0.3 is 0 Å². The molecule has 0 unspecified atom stereocenters. The second kappa shape index (κ2) is 7.61. The summed E-state index contributed by atoms with van der Waals surface area (Å²) in [5.41, 5.74) is 0. The Morgan fingerprint density at radius 1 is 1.33 bits per heavy atom. The third-order valence-electron chi connectivity index (χ3n) is 6.19. The van der Waals surface area contributed by atoms with Crippen LogP contribution in [-0.2, 0) is 16.0 Å². The highest BCUT2D eigenvalue weighted by Crippen LogP contribution is 2.32. The summed E-state index contributed by atoms with van der Waals surface area (Å²) in [7, 11) is 0. The maximum absolute atomic E-state index is 12.7. The van der Waals surface area contributed by atoms with Crippen LogP contribution in [0.4, 0.5) is 0 Å². The number of hydrogen-bond acceptors (Lipinski definition) is 5. The van der Waals surface area contributed by atoms with Crippen molar-refractivity contribution in [2.45, 2.75) is 50.7 Å². The molecule has 0 N–H and O–H groups in total. The molecule has 0 saturated carbocycles.